The van der Waals surface area contributed by atoms with E-state index < -0.39 is 28.5 Å². The van der Waals surface area contributed by atoms with Crippen molar-refractivity contribution < 1.29 is 27.1 Å². The van der Waals surface area contributed by atoms with E-state index in [0.717, 1.165) is 12.0 Å². The number of rotatable bonds is 9. The normalized spacial score (nSPS) is 15.0. The molecular weight excluding hydrogens is 449 g/mol. The number of aryl methyl sites for hydroxylation is 1. The van der Waals surface area contributed by atoms with Gasteiger partial charge in [0.2, 0.25) is 0 Å². The summed E-state index contributed by atoms with van der Waals surface area (Å²) in [5, 5.41) is 0.649. The fraction of sp³-hybridized carbons (Fsp3) is 0.261. The molecule has 3 aromatic rings. The van der Waals surface area contributed by atoms with Crippen LogP contribution in [0.4, 0.5) is 10.1 Å². The van der Waals surface area contributed by atoms with Crippen LogP contribution in [0.1, 0.15) is 12.0 Å². The molecule has 0 bridgehead atoms. The van der Waals surface area contributed by atoms with Crippen LogP contribution in [0.15, 0.2) is 54.6 Å². The molecule has 0 spiro atoms. The number of benzene rings is 3. The van der Waals surface area contributed by atoms with Crippen molar-refractivity contribution in [2.45, 2.75) is 12.8 Å². The summed E-state index contributed by atoms with van der Waals surface area (Å²) in [4.78, 5) is 11.8. The molecule has 1 aliphatic heterocycles. The van der Waals surface area contributed by atoms with Crippen LogP contribution in [0.5, 0.6) is 11.5 Å². The zero-order valence-electron chi connectivity index (χ0n) is 17.8. The Morgan fingerprint density at radius 3 is 2.55 bits per heavy atom. The number of nitrogens with one attached hydrogen (secondary N) is 1. The average Bonchev–Trinajstić information content (AvgIpc) is 3.07. The van der Waals surface area contributed by atoms with Gasteiger partial charge in [-0.1, -0.05) is 36.4 Å². The number of hydrogen-bond acceptors (Lipinski definition) is 6. The molecule has 0 saturated carbocycles. The summed E-state index contributed by atoms with van der Waals surface area (Å²) < 4.78 is 54.6. The summed E-state index contributed by atoms with van der Waals surface area (Å²) in [6, 6.07) is 16.2. The van der Waals surface area contributed by atoms with Gasteiger partial charge in [-0.15, -0.1) is 0 Å². The van der Waals surface area contributed by atoms with E-state index in [1.54, 1.807) is 18.2 Å². The van der Waals surface area contributed by atoms with Crippen LogP contribution < -0.4 is 24.2 Å². The van der Waals surface area contributed by atoms with E-state index in [9.17, 15) is 13.2 Å². The van der Waals surface area contributed by atoms with Gasteiger partial charge >= 0.3 is 10.2 Å². The van der Waals surface area contributed by atoms with Crippen LogP contribution in [-0.4, -0.2) is 40.6 Å². The molecule has 33 heavy (non-hydrogen) atoms. The highest BCUT2D eigenvalue weighted by Gasteiger charge is 2.38. The Labute approximate surface area is 191 Å². The SMILES string of the molecule is NCCOc1ccc2cc(OCCCc3ccccc3)c(N3CC(=O)NS3(=O)=O)c(F)c2c1. The van der Waals surface area contributed by atoms with Gasteiger partial charge in [0.25, 0.3) is 5.91 Å². The first-order valence-corrected chi connectivity index (χ1v) is 11.9. The van der Waals surface area contributed by atoms with Crippen LogP contribution in [0.3, 0.4) is 0 Å². The fourth-order valence-corrected chi connectivity index (χ4v) is 4.81. The number of halogens is 1. The molecule has 3 aromatic carbocycles. The van der Waals surface area contributed by atoms with Gasteiger partial charge in [0.15, 0.2) is 5.82 Å². The van der Waals surface area contributed by atoms with Gasteiger partial charge in [-0.05, 0) is 42.0 Å². The number of amides is 1. The minimum absolute atomic E-state index is 0.0452. The van der Waals surface area contributed by atoms with Crippen molar-refractivity contribution in [1.29, 1.82) is 0 Å². The number of ether oxygens (including phenoxy) is 2. The Balaban J connectivity index is 1.68. The van der Waals surface area contributed by atoms with Crippen molar-refractivity contribution >= 4 is 32.6 Å². The molecule has 1 amide bonds. The Bertz CT molecular complexity index is 1270. The third-order valence-electron chi connectivity index (χ3n) is 5.16. The average molecular weight is 474 g/mol. The Morgan fingerprint density at radius 2 is 1.85 bits per heavy atom. The minimum atomic E-state index is -4.23. The second kappa shape index (κ2) is 9.63. The van der Waals surface area contributed by atoms with Gasteiger partial charge in [-0.2, -0.15) is 8.42 Å². The lowest BCUT2D eigenvalue weighted by atomic mass is 10.1. The first-order valence-electron chi connectivity index (χ1n) is 10.5. The van der Waals surface area contributed by atoms with Crippen LogP contribution in [-0.2, 0) is 21.4 Å². The molecule has 0 radical (unpaired) electrons. The lowest BCUT2D eigenvalue weighted by Gasteiger charge is -2.21. The Hall–Kier alpha value is -3.37. The summed E-state index contributed by atoms with van der Waals surface area (Å²) in [6.07, 6.45) is 1.38. The molecule has 1 fully saturated rings. The number of carbonyl (C=O) groups excluding carboxylic acids is 1. The quantitative estimate of drug-likeness (QED) is 0.462. The first kappa shape index (κ1) is 22.8. The smallest absolute Gasteiger partial charge is 0.326 e. The topological polar surface area (TPSA) is 111 Å². The third kappa shape index (κ3) is 5.01. The largest absolute Gasteiger partial charge is 0.492 e. The third-order valence-corrected chi connectivity index (χ3v) is 6.53. The summed E-state index contributed by atoms with van der Waals surface area (Å²) in [5.41, 5.74) is 6.28. The van der Waals surface area contributed by atoms with E-state index in [-0.39, 0.29) is 30.0 Å². The number of carbonyl (C=O) groups is 1. The molecule has 0 unspecified atom stereocenters. The molecule has 0 aliphatic carbocycles. The van der Waals surface area contributed by atoms with Crippen LogP contribution in [0.25, 0.3) is 10.8 Å². The molecule has 0 aromatic heterocycles. The van der Waals surface area contributed by atoms with Crippen molar-refractivity contribution in [2.24, 2.45) is 5.73 Å². The molecule has 1 heterocycles. The van der Waals surface area contributed by atoms with Crippen molar-refractivity contribution in [1.82, 2.24) is 4.72 Å². The summed E-state index contributed by atoms with van der Waals surface area (Å²) >= 11 is 0. The van der Waals surface area contributed by atoms with Crippen molar-refractivity contribution in [3.8, 4) is 11.5 Å². The molecule has 1 saturated heterocycles. The zero-order chi connectivity index (χ0) is 23.4. The van der Waals surface area contributed by atoms with Crippen LogP contribution >= 0.6 is 0 Å². The zero-order valence-corrected chi connectivity index (χ0v) is 18.6. The van der Waals surface area contributed by atoms with Crippen molar-refractivity contribution in [3.63, 3.8) is 0 Å². The van der Waals surface area contributed by atoms with Gasteiger partial charge < -0.3 is 15.2 Å². The lowest BCUT2D eigenvalue weighted by Crippen LogP contribution is -2.30. The number of hydrogen-bond donors (Lipinski definition) is 2. The Kier molecular flexibility index (Phi) is 6.66. The second-order valence-electron chi connectivity index (χ2n) is 7.53. The van der Waals surface area contributed by atoms with Gasteiger partial charge in [-0.3, -0.25) is 4.79 Å². The molecule has 10 heteroatoms. The molecule has 174 valence electrons. The highest BCUT2D eigenvalue weighted by atomic mass is 32.2. The van der Waals surface area contributed by atoms with Crippen molar-refractivity contribution in [2.75, 3.05) is 30.6 Å². The second-order valence-corrected chi connectivity index (χ2v) is 9.13. The van der Waals surface area contributed by atoms with E-state index in [1.165, 1.54) is 6.07 Å². The maximum atomic E-state index is 15.7. The van der Waals surface area contributed by atoms with E-state index in [1.807, 2.05) is 35.1 Å². The summed E-state index contributed by atoms with van der Waals surface area (Å²) in [7, 11) is -4.23. The molecule has 1 aliphatic rings. The highest BCUT2D eigenvalue weighted by Crippen LogP contribution is 2.40. The van der Waals surface area contributed by atoms with E-state index in [4.69, 9.17) is 15.2 Å². The van der Waals surface area contributed by atoms with Crippen LogP contribution in [0, 0.1) is 5.82 Å². The first-order chi connectivity index (χ1) is 15.9. The monoisotopic (exact) mass is 473 g/mol. The number of nitrogens with zero attached hydrogens (tertiary/aromatic N) is 1. The highest BCUT2D eigenvalue weighted by molar-refractivity contribution is 7.92. The maximum Gasteiger partial charge on any atom is 0.326 e. The van der Waals surface area contributed by atoms with Gasteiger partial charge in [0, 0.05) is 11.9 Å². The van der Waals surface area contributed by atoms with Gasteiger partial charge in [0.1, 0.15) is 30.3 Å². The maximum absolute atomic E-state index is 15.7. The van der Waals surface area contributed by atoms with Crippen LogP contribution in [0.2, 0.25) is 0 Å². The lowest BCUT2D eigenvalue weighted by molar-refractivity contribution is -0.117. The van der Waals surface area contributed by atoms with Crippen molar-refractivity contribution in [3.05, 3.63) is 66.0 Å². The standard InChI is InChI=1S/C23H24FN3O5S/c24-22-19-14-18(31-12-10-25)9-8-17(19)13-20(23(22)27-15-21(28)26-33(27,29)30)32-11-4-7-16-5-2-1-3-6-16/h1-3,5-6,8-9,13-14H,4,7,10-12,15,25H2,(H,26,28). The van der Waals surface area contributed by atoms with E-state index in [0.29, 0.717) is 28.4 Å². The molecule has 4 rings (SSSR count). The molecular formula is C23H24FN3O5S. The van der Waals surface area contributed by atoms with E-state index >= 15 is 4.39 Å². The van der Waals surface area contributed by atoms with E-state index in [2.05, 4.69) is 0 Å². The number of nitrogens with two attached hydrogens (primary N) is 1. The van der Waals surface area contributed by atoms with Gasteiger partial charge in [0.05, 0.1) is 6.61 Å². The fourth-order valence-electron chi connectivity index (χ4n) is 3.65. The predicted octanol–water partition coefficient (Wildman–Crippen LogP) is 2.51. The van der Waals surface area contributed by atoms with Gasteiger partial charge in [-0.25, -0.2) is 13.4 Å². The molecule has 8 nitrogen and oxygen atoms in total. The number of fused-ring (bicyclic) bond motifs is 1. The molecule has 0 atom stereocenters. The summed E-state index contributed by atoms with van der Waals surface area (Å²) in [5.74, 6) is -1.12. The predicted molar refractivity (Wildman–Crippen MR) is 123 cm³/mol. The Morgan fingerprint density at radius 1 is 1.06 bits per heavy atom. The minimum Gasteiger partial charge on any atom is -0.492 e. The summed E-state index contributed by atoms with van der Waals surface area (Å²) in [6.45, 7) is 0.247. The number of anilines is 1. The molecule has 3 N–H and O–H groups in total.